The molecular weight excluding hydrogens is 576 g/mol. The predicted octanol–water partition coefficient (Wildman–Crippen LogP) is 3.97. The first kappa shape index (κ1) is 27.7. The van der Waals surface area contributed by atoms with Crippen molar-refractivity contribution in [3.8, 4) is 35.0 Å². The molecule has 0 saturated heterocycles. The summed E-state index contributed by atoms with van der Waals surface area (Å²) in [7, 11) is 0.978. The van der Waals surface area contributed by atoms with Gasteiger partial charge in [0, 0.05) is 24.3 Å². The molecule has 0 bridgehead atoms. The van der Waals surface area contributed by atoms with E-state index in [0.29, 0.717) is 29.9 Å². The van der Waals surface area contributed by atoms with Crippen molar-refractivity contribution in [2.75, 3.05) is 0 Å². The molecule has 18 heteroatoms. The van der Waals surface area contributed by atoms with Crippen molar-refractivity contribution >= 4 is 45.3 Å². The Labute approximate surface area is 229 Å². The molecule has 4 aromatic rings. The van der Waals surface area contributed by atoms with Crippen LogP contribution in [0, 0.1) is 20.2 Å². The van der Waals surface area contributed by atoms with E-state index >= 15 is 0 Å². The molecule has 4 N–H and O–H groups in total. The normalized spacial score (nSPS) is 10.7. The third-order valence-electron chi connectivity index (χ3n) is 4.99. The van der Waals surface area contributed by atoms with E-state index in [2.05, 4.69) is 0 Å². The Morgan fingerprint density at radius 1 is 0.675 bits per heavy atom. The molecule has 0 aliphatic carbocycles. The lowest BCUT2D eigenvalue weighted by molar-refractivity contribution is -0.385. The highest BCUT2D eigenvalue weighted by Gasteiger charge is 2.27. The summed E-state index contributed by atoms with van der Waals surface area (Å²) >= 11 is 0. The van der Waals surface area contributed by atoms with E-state index in [4.69, 9.17) is 9.47 Å². The topological polar surface area (TPSA) is 230 Å². The first-order valence-electron chi connectivity index (χ1n) is 10.5. The highest BCUT2D eigenvalue weighted by atomic mass is 33.1. The summed E-state index contributed by atoms with van der Waals surface area (Å²) in [5, 5.41) is 63.5. The van der Waals surface area contributed by atoms with Gasteiger partial charge in [0.2, 0.25) is 23.5 Å². The lowest BCUT2D eigenvalue weighted by atomic mass is 10.2. The number of ether oxygens (including phenoxy) is 2. The van der Waals surface area contributed by atoms with Gasteiger partial charge in [0.1, 0.15) is 11.1 Å². The Bertz CT molecular complexity index is 1540. The van der Waals surface area contributed by atoms with E-state index in [1.807, 2.05) is 0 Å². The largest absolute Gasteiger partial charge is 0.494 e. The van der Waals surface area contributed by atoms with Crippen LogP contribution in [0.3, 0.4) is 0 Å². The van der Waals surface area contributed by atoms with Gasteiger partial charge in [0.05, 0.1) is 31.8 Å². The second kappa shape index (κ2) is 11.2. The molecule has 40 heavy (non-hydrogen) atoms. The number of aromatic hydroxyl groups is 4. The molecule has 0 radical (unpaired) electrons. The summed E-state index contributed by atoms with van der Waals surface area (Å²) in [6, 6.07) is 11.5. The second-order valence-corrected chi connectivity index (χ2v) is 9.37. The zero-order valence-electron chi connectivity index (χ0n) is 19.4. The van der Waals surface area contributed by atoms with Gasteiger partial charge in [-0.1, -0.05) is 24.3 Å². The van der Waals surface area contributed by atoms with Gasteiger partial charge >= 0.3 is 11.9 Å². The van der Waals surface area contributed by atoms with Gasteiger partial charge in [-0.15, -0.1) is 0 Å². The quantitative estimate of drug-likeness (QED) is 0.0935. The lowest BCUT2D eigenvalue weighted by Crippen LogP contribution is -2.10. The summed E-state index contributed by atoms with van der Waals surface area (Å²) in [5.74, 6) is -6.44. The molecule has 2 aromatic carbocycles. The fraction of sp³-hybridized carbons (Fsp3) is 0. The predicted molar refractivity (Wildman–Crippen MR) is 138 cm³/mol. The number of hydrogen-bond donors (Lipinski definition) is 4. The van der Waals surface area contributed by atoms with Gasteiger partial charge in [-0.2, -0.15) is 0 Å². The van der Waals surface area contributed by atoms with Crippen LogP contribution >= 0.6 is 22.0 Å². The summed E-state index contributed by atoms with van der Waals surface area (Å²) in [4.78, 5) is 45.6. The smallest absolute Gasteiger partial charge is 0.350 e. The molecule has 0 saturated carbocycles. The molecule has 0 amide bonds. The van der Waals surface area contributed by atoms with Crippen LogP contribution in [0.5, 0.6) is 35.0 Å². The van der Waals surface area contributed by atoms with Crippen molar-refractivity contribution in [2.24, 2.45) is 0 Å². The number of benzene rings is 2. The van der Waals surface area contributed by atoms with Crippen molar-refractivity contribution in [3.63, 3.8) is 0 Å². The zero-order valence-corrected chi connectivity index (χ0v) is 21.1. The summed E-state index contributed by atoms with van der Waals surface area (Å²) in [6.07, 6.45) is 0. The Morgan fingerprint density at radius 2 is 1.02 bits per heavy atom. The van der Waals surface area contributed by atoms with E-state index in [-0.39, 0.29) is 0 Å². The molecule has 16 nitrogen and oxygen atoms in total. The fourth-order valence-corrected chi connectivity index (χ4v) is 5.18. The van der Waals surface area contributed by atoms with Gasteiger partial charge in [0.25, 0.3) is 11.4 Å². The first-order chi connectivity index (χ1) is 19.0. The second-order valence-electron chi connectivity index (χ2n) is 7.45. The minimum atomic E-state index is -1.19. The lowest BCUT2D eigenvalue weighted by Gasteiger charge is -2.08. The van der Waals surface area contributed by atoms with Crippen LogP contribution in [0.1, 0.15) is 20.7 Å². The summed E-state index contributed by atoms with van der Waals surface area (Å²) < 4.78 is 11.4. The van der Waals surface area contributed by atoms with Crippen molar-refractivity contribution in [2.45, 2.75) is 0 Å². The SMILES string of the molecule is O=C(Oc1cc(O)n(SSn2c(O)cc(OC(=O)c3ccccc3[N+](=O)[O-])c2O)c1O)c1ccccc1[N+](=O)[O-]. The van der Waals surface area contributed by atoms with Crippen LogP contribution in [0.15, 0.2) is 60.7 Å². The highest BCUT2D eigenvalue weighted by molar-refractivity contribution is 8.75. The minimum Gasteiger partial charge on any atom is -0.494 e. The average Bonchev–Trinajstić information content (AvgIpc) is 3.34. The Morgan fingerprint density at radius 3 is 1.38 bits per heavy atom. The van der Waals surface area contributed by atoms with Gasteiger partial charge < -0.3 is 29.9 Å². The maximum Gasteiger partial charge on any atom is 0.350 e. The zero-order chi connectivity index (χ0) is 29.1. The van der Waals surface area contributed by atoms with Crippen LogP contribution in [0.4, 0.5) is 11.4 Å². The Balaban J connectivity index is 1.50. The van der Waals surface area contributed by atoms with Gasteiger partial charge in [-0.25, -0.2) is 17.5 Å². The van der Waals surface area contributed by atoms with Gasteiger partial charge in [-0.3, -0.25) is 20.2 Å². The third-order valence-corrected chi connectivity index (χ3v) is 7.17. The van der Waals surface area contributed by atoms with E-state index in [1.54, 1.807) is 0 Å². The van der Waals surface area contributed by atoms with Crippen molar-refractivity contribution in [1.82, 2.24) is 7.94 Å². The molecule has 0 fully saturated rings. The number of carbonyl (C=O) groups excluding carboxylic acids is 2. The monoisotopic (exact) mass is 590 g/mol. The van der Waals surface area contributed by atoms with Crippen LogP contribution < -0.4 is 9.47 Å². The van der Waals surface area contributed by atoms with E-state index in [1.165, 1.54) is 24.3 Å². The average molecular weight is 591 g/mol. The number of aromatic nitrogens is 2. The van der Waals surface area contributed by atoms with E-state index < -0.39 is 79.3 Å². The van der Waals surface area contributed by atoms with Crippen LogP contribution in [0.2, 0.25) is 0 Å². The number of nitro benzene ring substituents is 2. The molecule has 0 spiro atoms. The molecule has 0 atom stereocenters. The molecule has 0 unspecified atom stereocenters. The van der Waals surface area contributed by atoms with E-state index in [0.717, 1.165) is 36.4 Å². The van der Waals surface area contributed by atoms with Crippen molar-refractivity contribution in [3.05, 3.63) is 92.0 Å². The van der Waals surface area contributed by atoms with Crippen molar-refractivity contribution in [1.29, 1.82) is 0 Å². The van der Waals surface area contributed by atoms with Crippen LogP contribution in [-0.2, 0) is 0 Å². The Hall–Kier alpha value is -5.36. The third kappa shape index (κ3) is 5.42. The van der Waals surface area contributed by atoms with Gasteiger partial charge in [0.15, 0.2) is 11.5 Å². The first-order valence-corrected chi connectivity index (χ1v) is 12.6. The standard InChI is InChI=1S/C22H14N4O12S2/c27-17-9-15(37-21(31)11-5-1-3-7-13(11)25(33)34)19(29)23(17)39-40-24-18(28)10-16(20(24)30)38-22(32)12-6-2-4-8-14(12)26(35)36/h1-10,27-30H. The van der Waals surface area contributed by atoms with Crippen LogP contribution in [-0.4, -0.2) is 50.2 Å². The van der Waals surface area contributed by atoms with Crippen molar-refractivity contribution < 1.29 is 49.3 Å². The number of nitrogens with zero attached hydrogens (tertiary/aromatic N) is 4. The summed E-state index contributed by atoms with van der Waals surface area (Å²) in [6.45, 7) is 0. The molecule has 4 rings (SSSR count). The molecule has 206 valence electrons. The number of nitro groups is 2. The fourth-order valence-electron chi connectivity index (χ4n) is 3.18. The summed E-state index contributed by atoms with van der Waals surface area (Å²) in [5.41, 5.74) is -1.91. The number of hydrogen-bond acceptors (Lipinski definition) is 14. The maximum absolute atomic E-state index is 12.4. The Kier molecular flexibility index (Phi) is 7.73. The molecule has 0 aliphatic heterocycles. The number of para-hydroxylation sites is 2. The number of esters is 2. The minimum absolute atomic E-state index is 0.411. The number of carbonyl (C=O) groups is 2. The molecule has 0 aliphatic rings. The number of rotatable bonds is 9. The van der Waals surface area contributed by atoms with E-state index in [9.17, 15) is 50.2 Å². The van der Waals surface area contributed by atoms with Crippen LogP contribution in [0.25, 0.3) is 0 Å². The molecule has 2 heterocycles. The maximum atomic E-state index is 12.4. The highest BCUT2D eigenvalue weighted by Crippen LogP contribution is 2.47. The molecule has 2 aromatic heterocycles. The molecular formula is C22H14N4O12S2. The van der Waals surface area contributed by atoms with Gasteiger partial charge in [-0.05, 0) is 12.1 Å².